The molecule has 2 nitrogen and oxygen atoms in total. The second-order valence-electron chi connectivity index (χ2n) is 0.492. The third-order valence-electron chi connectivity index (χ3n) is 0. The van der Waals surface area contributed by atoms with Crippen molar-refractivity contribution in [1.29, 1.82) is 0 Å². The molecule has 0 aromatic carbocycles. The number of hydrogen-bond donors (Lipinski definition) is 0. The molecule has 0 aliphatic carbocycles. The number of carboxylic acid groups (broad SMARTS) is 1. The van der Waals surface area contributed by atoms with E-state index in [1.807, 2.05) is 0 Å². The molecule has 1 radical (unpaired) electrons. The van der Waals surface area contributed by atoms with E-state index in [0.717, 1.165) is 6.92 Å². The molecule has 0 bridgehead atoms. The minimum Gasteiger partial charge on any atom is -0.550 e. The quantitative estimate of drug-likeness (QED) is 0.502. The van der Waals surface area contributed by atoms with Crippen LogP contribution in [-0.2, 0) is 4.79 Å². The van der Waals surface area contributed by atoms with Crippen LogP contribution in [-0.4, -0.2) is 5.97 Å². The molecular formula is C2H3EuO2-. The van der Waals surface area contributed by atoms with Crippen molar-refractivity contribution in [2.45, 2.75) is 6.92 Å². The topological polar surface area (TPSA) is 40.1 Å². The van der Waals surface area contributed by atoms with Crippen molar-refractivity contribution in [1.82, 2.24) is 0 Å². The largest absolute Gasteiger partial charge is 0.550 e. The molecule has 0 amide bonds. The van der Waals surface area contributed by atoms with E-state index in [1.165, 1.54) is 0 Å². The first-order chi connectivity index (χ1) is 1.73. The molecule has 5 heavy (non-hydrogen) atoms. The molecule has 0 atom stereocenters. The smallest absolute Gasteiger partial charge is 0.0383 e. The van der Waals surface area contributed by atoms with Crippen molar-refractivity contribution in [3.8, 4) is 0 Å². The molecule has 0 heterocycles. The Kier molecular flexibility index (Phi) is 9.51. The van der Waals surface area contributed by atoms with Crippen molar-refractivity contribution in [2.75, 3.05) is 0 Å². The van der Waals surface area contributed by atoms with Crippen molar-refractivity contribution in [3.63, 3.8) is 0 Å². The van der Waals surface area contributed by atoms with Gasteiger partial charge in [0.1, 0.15) is 0 Å². The molecule has 0 aromatic rings. The van der Waals surface area contributed by atoms with E-state index in [2.05, 4.69) is 0 Å². The molecule has 31 valence electrons. The van der Waals surface area contributed by atoms with Crippen LogP contribution in [0.5, 0.6) is 0 Å². The van der Waals surface area contributed by atoms with Gasteiger partial charge in [-0.05, 0) is 6.92 Å². The molecule has 0 aromatic heterocycles. The number of carboxylic acids is 1. The maximum atomic E-state index is 8.89. The fraction of sp³-hybridized carbons (Fsp3) is 0.500. The predicted octanol–water partition coefficient (Wildman–Crippen LogP) is -1.24. The monoisotopic (exact) mass is 212 g/mol. The average Bonchev–Trinajstić information content (AvgIpc) is 0.811. The third-order valence-corrected chi connectivity index (χ3v) is 0. The summed E-state index contributed by atoms with van der Waals surface area (Å²) in [7, 11) is 0. The zero-order valence-corrected chi connectivity index (χ0v) is 5.12. The molecule has 0 unspecified atom stereocenters. The third kappa shape index (κ3) is 42.4. The maximum absolute atomic E-state index is 8.89. The minimum absolute atomic E-state index is 0. The van der Waals surface area contributed by atoms with Crippen LogP contribution in [0.25, 0.3) is 0 Å². The van der Waals surface area contributed by atoms with Crippen LogP contribution >= 0.6 is 0 Å². The fourth-order valence-electron chi connectivity index (χ4n) is 0. The summed E-state index contributed by atoms with van der Waals surface area (Å²) in [6.07, 6.45) is 0. The van der Waals surface area contributed by atoms with Crippen LogP contribution < -0.4 is 5.11 Å². The van der Waals surface area contributed by atoms with E-state index < -0.39 is 5.97 Å². The van der Waals surface area contributed by atoms with Gasteiger partial charge in [-0.15, -0.1) is 0 Å². The first-order valence-corrected chi connectivity index (χ1v) is 0.908. The molecule has 0 N–H and O–H groups in total. The zero-order valence-electron chi connectivity index (χ0n) is 2.69. The molecule has 0 fully saturated rings. The normalized spacial score (nSPS) is 5.00. The molecule has 3 heteroatoms. The van der Waals surface area contributed by atoms with E-state index in [-0.39, 0.29) is 49.4 Å². The van der Waals surface area contributed by atoms with Gasteiger partial charge in [0.05, 0.1) is 0 Å². The number of carbonyl (C=O) groups is 1. The van der Waals surface area contributed by atoms with Gasteiger partial charge in [-0.25, -0.2) is 0 Å². The SMILES string of the molecule is CC(=O)[O-].[Eu]. The maximum Gasteiger partial charge on any atom is 0.0383 e. The van der Waals surface area contributed by atoms with Crippen LogP contribution in [0, 0.1) is 49.4 Å². The summed E-state index contributed by atoms with van der Waals surface area (Å²) in [5.41, 5.74) is 0. The van der Waals surface area contributed by atoms with E-state index in [9.17, 15) is 0 Å². The Labute approximate surface area is 71.1 Å². The molecular weight excluding hydrogens is 208 g/mol. The summed E-state index contributed by atoms with van der Waals surface area (Å²) in [6.45, 7) is 0.972. The van der Waals surface area contributed by atoms with Crippen molar-refractivity contribution in [2.24, 2.45) is 0 Å². The number of aliphatic carboxylic acids is 1. The summed E-state index contributed by atoms with van der Waals surface area (Å²) in [5.74, 6) is -1.08. The van der Waals surface area contributed by atoms with Gasteiger partial charge >= 0.3 is 0 Å². The van der Waals surface area contributed by atoms with Crippen LogP contribution in [0.15, 0.2) is 0 Å². The van der Waals surface area contributed by atoms with E-state index >= 15 is 0 Å². The molecule has 0 saturated carbocycles. The fourth-order valence-corrected chi connectivity index (χ4v) is 0. The Morgan fingerprint density at radius 2 is 1.80 bits per heavy atom. The van der Waals surface area contributed by atoms with Crippen LogP contribution in [0.3, 0.4) is 0 Å². The number of rotatable bonds is 0. The van der Waals surface area contributed by atoms with Crippen molar-refractivity contribution < 1.29 is 59.3 Å². The van der Waals surface area contributed by atoms with Crippen LogP contribution in [0.4, 0.5) is 0 Å². The summed E-state index contributed by atoms with van der Waals surface area (Å²) >= 11 is 0. The van der Waals surface area contributed by atoms with Gasteiger partial charge in [-0.2, -0.15) is 0 Å². The Balaban J connectivity index is 0. The van der Waals surface area contributed by atoms with Crippen LogP contribution in [0.1, 0.15) is 6.92 Å². The second-order valence-corrected chi connectivity index (χ2v) is 0.492. The standard InChI is InChI=1S/C2H4O2.Eu/c1-2(3)4;/h1H3,(H,3,4);/p-1. The Hall–Kier alpha value is 1.05. The van der Waals surface area contributed by atoms with Gasteiger partial charge in [0, 0.05) is 55.3 Å². The average molecular weight is 211 g/mol. The summed E-state index contributed by atoms with van der Waals surface area (Å²) < 4.78 is 0. The van der Waals surface area contributed by atoms with Gasteiger partial charge in [-0.1, -0.05) is 0 Å². The number of carbonyl (C=O) groups excluding carboxylic acids is 1. The molecule has 0 saturated heterocycles. The Morgan fingerprint density at radius 3 is 1.80 bits per heavy atom. The Bertz CT molecular complexity index is 30.6. The summed E-state index contributed by atoms with van der Waals surface area (Å²) in [5, 5.41) is 8.89. The van der Waals surface area contributed by atoms with E-state index in [4.69, 9.17) is 9.90 Å². The summed E-state index contributed by atoms with van der Waals surface area (Å²) in [4.78, 5) is 8.89. The van der Waals surface area contributed by atoms with E-state index in [1.54, 1.807) is 0 Å². The van der Waals surface area contributed by atoms with E-state index in [0.29, 0.717) is 0 Å². The first kappa shape index (κ1) is 9.41. The van der Waals surface area contributed by atoms with Gasteiger partial charge < -0.3 is 9.90 Å². The van der Waals surface area contributed by atoms with Crippen molar-refractivity contribution in [3.05, 3.63) is 0 Å². The van der Waals surface area contributed by atoms with Gasteiger partial charge in [0.15, 0.2) is 0 Å². The van der Waals surface area contributed by atoms with Gasteiger partial charge in [0.25, 0.3) is 0 Å². The zero-order chi connectivity index (χ0) is 3.58. The minimum atomic E-state index is -1.08. The molecule has 0 spiro atoms. The van der Waals surface area contributed by atoms with Crippen LogP contribution in [0.2, 0.25) is 0 Å². The Morgan fingerprint density at radius 1 is 1.80 bits per heavy atom. The van der Waals surface area contributed by atoms with Gasteiger partial charge in [0.2, 0.25) is 0 Å². The molecule has 0 rings (SSSR count). The first-order valence-electron chi connectivity index (χ1n) is 0.908. The second kappa shape index (κ2) is 5.05. The van der Waals surface area contributed by atoms with Crippen molar-refractivity contribution >= 4 is 5.97 Å². The summed E-state index contributed by atoms with van der Waals surface area (Å²) in [6, 6.07) is 0. The predicted molar refractivity (Wildman–Crippen MR) is 10.7 cm³/mol. The molecule has 0 aliphatic heterocycles. The van der Waals surface area contributed by atoms with Gasteiger partial charge in [-0.3, -0.25) is 0 Å². The molecule has 0 aliphatic rings. The number of hydrogen-bond acceptors (Lipinski definition) is 2.